The van der Waals surface area contributed by atoms with Crippen LogP contribution in [0.4, 0.5) is 0 Å². The predicted octanol–water partition coefficient (Wildman–Crippen LogP) is 2.94. The SMILES string of the molecule is C=C(C)COc1ccc2nc(C)n(-c3ccc(C(=O)NCCN(C)C)cc3)c(=O)c2c1. The number of carbonyl (C=O) groups excluding carboxylic acids is 1. The highest BCUT2D eigenvalue weighted by molar-refractivity contribution is 5.94. The van der Waals surface area contributed by atoms with Crippen LogP contribution in [0.1, 0.15) is 23.1 Å². The molecule has 0 unspecified atom stereocenters. The number of amides is 1. The molecule has 0 aliphatic rings. The lowest BCUT2D eigenvalue weighted by Gasteiger charge is -2.13. The number of fused-ring (bicyclic) bond motifs is 1. The van der Waals surface area contributed by atoms with E-state index in [1.807, 2.05) is 25.9 Å². The molecule has 0 fully saturated rings. The van der Waals surface area contributed by atoms with Gasteiger partial charge in [0.25, 0.3) is 11.5 Å². The molecule has 1 aromatic heterocycles. The number of ether oxygens (including phenoxy) is 1. The number of benzene rings is 2. The molecule has 0 spiro atoms. The van der Waals surface area contributed by atoms with Crippen molar-refractivity contribution in [1.29, 1.82) is 0 Å². The van der Waals surface area contributed by atoms with Gasteiger partial charge in [-0.2, -0.15) is 0 Å². The monoisotopic (exact) mass is 420 g/mol. The molecule has 0 saturated carbocycles. The Morgan fingerprint density at radius 3 is 2.55 bits per heavy atom. The minimum Gasteiger partial charge on any atom is -0.489 e. The van der Waals surface area contributed by atoms with Crippen LogP contribution in [-0.4, -0.2) is 54.1 Å². The Morgan fingerprint density at radius 2 is 1.90 bits per heavy atom. The van der Waals surface area contributed by atoms with Gasteiger partial charge in [-0.1, -0.05) is 6.58 Å². The molecule has 0 aliphatic carbocycles. The van der Waals surface area contributed by atoms with Gasteiger partial charge in [-0.15, -0.1) is 0 Å². The summed E-state index contributed by atoms with van der Waals surface area (Å²) in [5, 5.41) is 3.35. The quantitative estimate of drug-likeness (QED) is 0.567. The molecule has 3 aromatic rings. The van der Waals surface area contributed by atoms with Crippen LogP contribution in [0.25, 0.3) is 16.6 Å². The van der Waals surface area contributed by atoms with Crippen molar-refractivity contribution in [2.45, 2.75) is 13.8 Å². The van der Waals surface area contributed by atoms with Crippen molar-refractivity contribution in [3.05, 3.63) is 76.4 Å². The predicted molar refractivity (Wildman–Crippen MR) is 123 cm³/mol. The highest BCUT2D eigenvalue weighted by Gasteiger charge is 2.12. The standard InChI is InChI=1S/C24H28N4O3/c1-16(2)15-31-20-10-11-22-21(14-20)24(30)28(17(3)26-22)19-8-6-18(7-9-19)23(29)25-12-13-27(4)5/h6-11,14H,1,12-13,15H2,2-5H3,(H,25,29). The van der Waals surface area contributed by atoms with Gasteiger partial charge in [0.2, 0.25) is 0 Å². The molecular formula is C24H28N4O3. The van der Waals surface area contributed by atoms with E-state index in [1.54, 1.807) is 54.0 Å². The summed E-state index contributed by atoms with van der Waals surface area (Å²) in [5.41, 5.74) is 2.50. The summed E-state index contributed by atoms with van der Waals surface area (Å²) in [7, 11) is 3.91. The van der Waals surface area contributed by atoms with Gasteiger partial charge < -0.3 is 15.0 Å². The van der Waals surface area contributed by atoms with Gasteiger partial charge in [-0.05, 0) is 76.0 Å². The molecule has 0 aliphatic heterocycles. The lowest BCUT2D eigenvalue weighted by atomic mass is 10.1. The maximum atomic E-state index is 13.2. The van der Waals surface area contributed by atoms with E-state index < -0.39 is 0 Å². The van der Waals surface area contributed by atoms with Crippen LogP contribution in [0.2, 0.25) is 0 Å². The third kappa shape index (κ3) is 5.38. The Balaban J connectivity index is 1.90. The van der Waals surface area contributed by atoms with Crippen LogP contribution in [0.5, 0.6) is 5.75 Å². The third-order valence-electron chi connectivity index (χ3n) is 4.72. The summed E-state index contributed by atoms with van der Waals surface area (Å²) in [6, 6.07) is 12.2. The molecule has 0 bridgehead atoms. The van der Waals surface area contributed by atoms with Crippen LogP contribution < -0.4 is 15.6 Å². The lowest BCUT2D eigenvalue weighted by Crippen LogP contribution is -2.31. The van der Waals surface area contributed by atoms with Gasteiger partial charge in [0.1, 0.15) is 18.2 Å². The topological polar surface area (TPSA) is 76.5 Å². The maximum absolute atomic E-state index is 13.2. The van der Waals surface area contributed by atoms with Crippen LogP contribution in [0, 0.1) is 6.92 Å². The zero-order chi connectivity index (χ0) is 22.5. The third-order valence-corrected chi connectivity index (χ3v) is 4.72. The van der Waals surface area contributed by atoms with Gasteiger partial charge in [-0.25, -0.2) is 4.98 Å². The van der Waals surface area contributed by atoms with E-state index in [1.165, 1.54) is 0 Å². The van der Waals surface area contributed by atoms with Crippen LogP contribution in [0.3, 0.4) is 0 Å². The summed E-state index contributed by atoms with van der Waals surface area (Å²) in [4.78, 5) is 32.1. The van der Waals surface area contributed by atoms with Crippen molar-refractivity contribution in [2.24, 2.45) is 0 Å². The normalized spacial score (nSPS) is 11.0. The zero-order valence-corrected chi connectivity index (χ0v) is 18.4. The fourth-order valence-corrected chi connectivity index (χ4v) is 3.13. The smallest absolute Gasteiger partial charge is 0.266 e. The van der Waals surface area contributed by atoms with Crippen molar-refractivity contribution in [2.75, 3.05) is 33.8 Å². The molecule has 31 heavy (non-hydrogen) atoms. The zero-order valence-electron chi connectivity index (χ0n) is 18.4. The number of hydrogen-bond acceptors (Lipinski definition) is 5. The highest BCUT2D eigenvalue weighted by Crippen LogP contribution is 2.19. The average Bonchev–Trinajstić information content (AvgIpc) is 2.72. The number of aryl methyl sites for hydroxylation is 1. The molecule has 7 heteroatoms. The molecule has 7 nitrogen and oxygen atoms in total. The van der Waals surface area contributed by atoms with E-state index in [0.29, 0.717) is 46.9 Å². The molecule has 1 heterocycles. The fraction of sp³-hybridized carbons (Fsp3) is 0.292. The molecule has 3 rings (SSSR count). The Labute approximate surface area is 182 Å². The highest BCUT2D eigenvalue weighted by atomic mass is 16.5. The second-order valence-corrected chi connectivity index (χ2v) is 7.83. The van der Waals surface area contributed by atoms with E-state index in [9.17, 15) is 9.59 Å². The molecule has 0 saturated heterocycles. The van der Waals surface area contributed by atoms with E-state index in [0.717, 1.165) is 12.1 Å². The van der Waals surface area contributed by atoms with Crippen LogP contribution in [0.15, 0.2) is 59.4 Å². The van der Waals surface area contributed by atoms with Crippen LogP contribution in [-0.2, 0) is 0 Å². The Morgan fingerprint density at radius 1 is 1.19 bits per heavy atom. The summed E-state index contributed by atoms with van der Waals surface area (Å²) in [5.74, 6) is 1.01. The lowest BCUT2D eigenvalue weighted by molar-refractivity contribution is 0.0951. The van der Waals surface area contributed by atoms with E-state index in [2.05, 4.69) is 16.9 Å². The largest absolute Gasteiger partial charge is 0.489 e. The van der Waals surface area contributed by atoms with Gasteiger partial charge in [0, 0.05) is 18.7 Å². The maximum Gasteiger partial charge on any atom is 0.266 e. The van der Waals surface area contributed by atoms with Gasteiger partial charge >= 0.3 is 0 Å². The summed E-state index contributed by atoms with van der Waals surface area (Å²) < 4.78 is 7.21. The number of rotatable bonds is 8. The Bertz CT molecular complexity index is 1160. The molecule has 162 valence electrons. The molecule has 0 radical (unpaired) electrons. The average molecular weight is 421 g/mol. The molecule has 2 aromatic carbocycles. The molecule has 1 amide bonds. The first kappa shape index (κ1) is 22.2. The van der Waals surface area contributed by atoms with Gasteiger partial charge in [-0.3, -0.25) is 14.2 Å². The first-order valence-corrected chi connectivity index (χ1v) is 10.1. The first-order valence-electron chi connectivity index (χ1n) is 10.1. The summed E-state index contributed by atoms with van der Waals surface area (Å²) in [6.07, 6.45) is 0. The van der Waals surface area contributed by atoms with Crippen molar-refractivity contribution in [1.82, 2.24) is 19.8 Å². The van der Waals surface area contributed by atoms with E-state index >= 15 is 0 Å². The molecule has 1 N–H and O–H groups in total. The molecular weight excluding hydrogens is 392 g/mol. The fourth-order valence-electron chi connectivity index (χ4n) is 3.13. The Kier molecular flexibility index (Phi) is 6.87. The van der Waals surface area contributed by atoms with Crippen molar-refractivity contribution >= 4 is 16.8 Å². The van der Waals surface area contributed by atoms with Crippen molar-refractivity contribution in [3.8, 4) is 11.4 Å². The number of likely N-dealkylation sites (N-methyl/N-ethyl adjacent to an activating group) is 1. The summed E-state index contributed by atoms with van der Waals surface area (Å²) >= 11 is 0. The molecule has 0 atom stereocenters. The number of nitrogens with zero attached hydrogens (tertiary/aromatic N) is 3. The van der Waals surface area contributed by atoms with E-state index in [4.69, 9.17) is 4.74 Å². The number of aromatic nitrogens is 2. The second-order valence-electron chi connectivity index (χ2n) is 7.83. The van der Waals surface area contributed by atoms with E-state index in [-0.39, 0.29) is 11.5 Å². The van der Waals surface area contributed by atoms with Crippen LogP contribution >= 0.6 is 0 Å². The minimum atomic E-state index is -0.188. The minimum absolute atomic E-state index is 0.145. The number of hydrogen-bond donors (Lipinski definition) is 1. The van der Waals surface area contributed by atoms with Gasteiger partial charge in [0.05, 0.1) is 16.6 Å². The number of carbonyl (C=O) groups is 1. The first-order chi connectivity index (χ1) is 14.8. The second kappa shape index (κ2) is 9.57. The van der Waals surface area contributed by atoms with Crippen molar-refractivity contribution in [3.63, 3.8) is 0 Å². The van der Waals surface area contributed by atoms with Crippen molar-refractivity contribution < 1.29 is 9.53 Å². The summed E-state index contributed by atoms with van der Waals surface area (Å²) in [6.45, 7) is 9.21. The Hall–Kier alpha value is -3.45. The number of nitrogens with one attached hydrogen (secondary N) is 1. The van der Waals surface area contributed by atoms with Gasteiger partial charge in [0.15, 0.2) is 0 Å².